The lowest BCUT2D eigenvalue weighted by atomic mass is 10.1. The number of nitrogens with zero attached hydrogens (tertiary/aromatic N) is 1. The van der Waals surface area contributed by atoms with Gasteiger partial charge in [-0.15, -0.1) is 0 Å². The Morgan fingerprint density at radius 3 is 2.24 bits per heavy atom. The summed E-state index contributed by atoms with van der Waals surface area (Å²) in [5.74, 6) is -1.45. The van der Waals surface area contributed by atoms with Crippen molar-refractivity contribution in [3.63, 3.8) is 0 Å². The smallest absolute Gasteiger partial charge is 0.288 e. The second kappa shape index (κ2) is 5.76. The van der Waals surface area contributed by atoms with Gasteiger partial charge in [0.15, 0.2) is 5.11 Å². The van der Waals surface area contributed by atoms with Crippen molar-refractivity contribution in [1.82, 2.24) is 10.6 Å². The molecule has 21 heavy (non-hydrogen) atoms. The van der Waals surface area contributed by atoms with Crippen LogP contribution in [0.1, 0.15) is 5.56 Å². The number of carbonyl (C=O) groups is 2. The Bertz CT molecular complexity index is 710. The fourth-order valence-electron chi connectivity index (χ4n) is 1.57. The highest BCUT2D eigenvalue weighted by atomic mass is 35.5. The Balaban J connectivity index is 2.52. The van der Waals surface area contributed by atoms with Gasteiger partial charge in [0.25, 0.3) is 17.5 Å². The molecule has 2 amide bonds. The molecule has 0 unspecified atom stereocenters. The maximum Gasteiger partial charge on any atom is 0.288 e. The fourth-order valence-corrected chi connectivity index (χ4v) is 2.26. The minimum absolute atomic E-state index is 0.0619. The number of halogens is 2. The molecule has 0 saturated carbocycles. The Morgan fingerprint density at radius 1 is 1.14 bits per heavy atom. The SMILES string of the molecule is O=C1NC(=S)NC(=O)C1=Cc1cc([N+](=O)[O-])c(Cl)cc1Cl. The van der Waals surface area contributed by atoms with Crippen molar-refractivity contribution in [3.05, 3.63) is 43.4 Å². The van der Waals surface area contributed by atoms with Gasteiger partial charge in [-0.1, -0.05) is 23.2 Å². The number of nitro groups is 1. The van der Waals surface area contributed by atoms with Crippen LogP contribution in [0, 0.1) is 10.1 Å². The van der Waals surface area contributed by atoms with Gasteiger partial charge in [0, 0.05) is 16.7 Å². The summed E-state index contributed by atoms with van der Waals surface area (Å²) in [5, 5.41) is 15.1. The fraction of sp³-hybridized carbons (Fsp3) is 0. The third-order valence-corrected chi connectivity index (χ3v) is 3.34. The highest BCUT2D eigenvalue weighted by Crippen LogP contribution is 2.32. The van der Waals surface area contributed by atoms with Gasteiger partial charge in [-0.2, -0.15) is 0 Å². The van der Waals surface area contributed by atoms with Crippen LogP contribution >= 0.6 is 35.4 Å². The molecule has 2 rings (SSSR count). The van der Waals surface area contributed by atoms with Gasteiger partial charge in [0.1, 0.15) is 10.6 Å². The molecule has 1 fully saturated rings. The maximum atomic E-state index is 11.7. The summed E-state index contributed by atoms with van der Waals surface area (Å²) in [6.45, 7) is 0. The molecule has 0 spiro atoms. The quantitative estimate of drug-likeness (QED) is 0.280. The number of nitro benzene ring substituents is 1. The molecule has 10 heteroatoms. The molecule has 0 bridgehead atoms. The first-order chi connectivity index (χ1) is 9.79. The lowest BCUT2D eigenvalue weighted by Gasteiger charge is -2.16. The highest BCUT2D eigenvalue weighted by molar-refractivity contribution is 7.80. The van der Waals surface area contributed by atoms with E-state index in [1.165, 1.54) is 0 Å². The summed E-state index contributed by atoms with van der Waals surface area (Å²) >= 11 is 16.3. The number of carbonyl (C=O) groups excluding carboxylic acids is 2. The van der Waals surface area contributed by atoms with Crippen LogP contribution in [0.25, 0.3) is 6.08 Å². The van der Waals surface area contributed by atoms with Gasteiger partial charge in [-0.05, 0) is 24.4 Å². The molecule has 108 valence electrons. The van der Waals surface area contributed by atoms with Crippen molar-refractivity contribution in [2.75, 3.05) is 0 Å². The van der Waals surface area contributed by atoms with E-state index >= 15 is 0 Å². The van der Waals surface area contributed by atoms with Crippen molar-refractivity contribution < 1.29 is 14.5 Å². The van der Waals surface area contributed by atoms with Gasteiger partial charge >= 0.3 is 0 Å². The Kier molecular flexibility index (Phi) is 4.21. The van der Waals surface area contributed by atoms with Crippen LogP contribution in [0.2, 0.25) is 10.0 Å². The third kappa shape index (κ3) is 3.18. The van der Waals surface area contributed by atoms with Crippen LogP contribution in [0.3, 0.4) is 0 Å². The Hall–Kier alpha value is -2.03. The molecule has 7 nitrogen and oxygen atoms in total. The topological polar surface area (TPSA) is 101 Å². The predicted octanol–water partition coefficient (Wildman–Crippen LogP) is 1.82. The molecular weight excluding hydrogens is 341 g/mol. The van der Waals surface area contributed by atoms with E-state index in [-0.39, 0.29) is 32.0 Å². The Labute approximate surface area is 133 Å². The number of hydrogen-bond acceptors (Lipinski definition) is 5. The third-order valence-electron chi connectivity index (χ3n) is 2.51. The molecule has 1 aromatic rings. The zero-order chi connectivity index (χ0) is 15.7. The average molecular weight is 346 g/mol. The molecule has 1 aliphatic heterocycles. The monoisotopic (exact) mass is 345 g/mol. The lowest BCUT2D eigenvalue weighted by Crippen LogP contribution is -2.51. The molecule has 1 aliphatic rings. The lowest BCUT2D eigenvalue weighted by molar-refractivity contribution is -0.384. The van der Waals surface area contributed by atoms with Gasteiger partial charge in [0.05, 0.1) is 4.92 Å². The van der Waals surface area contributed by atoms with Gasteiger partial charge in [-0.3, -0.25) is 30.3 Å². The highest BCUT2D eigenvalue weighted by Gasteiger charge is 2.26. The number of hydrogen-bond donors (Lipinski definition) is 2. The van der Waals surface area contributed by atoms with Crippen LogP contribution in [0.15, 0.2) is 17.7 Å². The summed E-state index contributed by atoms with van der Waals surface area (Å²) in [6, 6.07) is 2.24. The van der Waals surface area contributed by atoms with Crippen LogP contribution in [-0.4, -0.2) is 21.9 Å². The molecule has 0 atom stereocenters. The normalized spacial score (nSPS) is 14.6. The second-order valence-electron chi connectivity index (χ2n) is 3.88. The van der Waals surface area contributed by atoms with Crippen LogP contribution in [0.4, 0.5) is 5.69 Å². The maximum absolute atomic E-state index is 11.7. The summed E-state index contributed by atoms with van der Waals surface area (Å²) in [5.41, 5.74) is -0.553. The number of thiocarbonyl (C=S) groups is 1. The molecule has 2 N–H and O–H groups in total. The van der Waals surface area contributed by atoms with Crippen molar-refractivity contribution in [1.29, 1.82) is 0 Å². The molecule has 1 saturated heterocycles. The number of benzene rings is 1. The summed E-state index contributed by atoms with van der Waals surface area (Å²) in [6.07, 6.45) is 1.12. The van der Waals surface area contributed by atoms with E-state index in [0.717, 1.165) is 18.2 Å². The number of amides is 2. The molecular formula is C11H5Cl2N3O4S. The average Bonchev–Trinajstić information content (AvgIpc) is 2.35. The van der Waals surface area contributed by atoms with Crippen molar-refractivity contribution in [2.24, 2.45) is 0 Å². The second-order valence-corrected chi connectivity index (χ2v) is 5.10. The van der Waals surface area contributed by atoms with Crippen LogP contribution in [0.5, 0.6) is 0 Å². The first-order valence-corrected chi connectivity index (χ1v) is 6.48. The molecule has 0 aliphatic carbocycles. The van der Waals surface area contributed by atoms with Gasteiger partial charge in [-0.25, -0.2) is 0 Å². The van der Waals surface area contributed by atoms with Crippen molar-refractivity contribution in [2.45, 2.75) is 0 Å². The van der Waals surface area contributed by atoms with Gasteiger partial charge < -0.3 is 0 Å². The first kappa shape index (κ1) is 15.4. The van der Waals surface area contributed by atoms with Gasteiger partial charge in [0.2, 0.25) is 0 Å². The van der Waals surface area contributed by atoms with Crippen LogP contribution < -0.4 is 10.6 Å². The Morgan fingerprint density at radius 2 is 1.71 bits per heavy atom. The van der Waals surface area contributed by atoms with E-state index in [2.05, 4.69) is 22.9 Å². The molecule has 0 radical (unpaired) electrons. The summed E-state index contributed by atoms with van der Waals surface area (Å²) in [7, 11) is 0. The van der Waals surface area contributed by atoms with E-state index in [1.54, 1.807) is 0 Å². The summed E-state index contributed by atoms with van der Waals surface area (Å²) in [4.78, 5) is 33.5. The van der Waals surface area contributed by atoms with Crippen molar-refractivity contribution in [3.8, 4) is 0 Å². The van der Waals surface area contributed by atoms with E-state index in [4.69, 9.17) is 23.2 Å². The molecule has 1 heterocycles. The number of rotatable bonds is 2. The standard InChI is InChI=1S/C11H5Cl2N3O4S/c12-6-3-7(13)8(16(19)20)2-4(6)1-5-9(17)14-11(21)15-10(5)18/h1-3H,(H2,14,15,17,18,21). The molecule has 0 aromatic heterocycles. The van der Waals surface area contributed by atoms with E-state index in [9.17, 15) is 19.7 Å². The van der Waals surface area contributed by atoms with E-state index in [1.807, 2.05) is 0 Å². The predicted molar refractivity (Wildman–Crippen MR) is 80.0 cm³/mol. The minimum atomic E-state index is -0.725. The zero-order valence-electron chi connectivity index (χ0n) is 9.98. The van der Waals surface area contributed by atoms with Crippen molar-refractivity contribution >= 4 is 64.1 Å². The molecule has 1 aromatic carbocycles. The largest absolute Gasteiger partial charge is 0.299 e. The van der Waals surface area contributed by atoms with E-state index in [0.29, 0.717) is 0 Å². The van der Waals surface area contributed by atoms with Crippen LogP contribution in [-0.2, 0) is 9.59 Å². The summed E-state index contributed by atoms with van der Waals surface area (Å²) < 4.78 is 0. The van der Waals surface area contributed by atoms with E-state index < -0.39 is 16.7 Å². The first-order valence-electron chi connectivity index (χ1n) is 5.31. The number of nitrogens with one attached hydrogen (secondary N) is 2. The minimum Gasteiger partial charge on any atom is -0.299 e. The zero-order valence-corrected chi connectivity index (χ0v) is 12.3.